The van der Waals surface area contributed by atoms with E-state index in [0.717, 1.165) is 6.08 Å². The standard InChI is InChI=1S/C10H14O5/c1-3-8(11)15-9(12)6-4-5-7(2)10(13)14/h3,9,12H,1-2,4-6H2,(H,13,14). The SMILES string of the molecule is C=CC(=O)OC(O)CCCC(=C)C(=O)O. The molecule has 0 saturated heterocycles. The third kappa shape index (κ3) is 6.45. The van der Waals surface area contributed by atoms with Crippen LogP contribution in [0.3, 0.4) is 0 Å². The van der Waals surface area contributed by atoms with Gasteiger partial charge in [0.2, 0.25) is 6.29 Å². The monoisotopic (exact) mass is 214 g/mol. The summed E-state index contributed by atoms with van der Waals surface area (Å²) in [4.78, 5) is 21.0. The largest absolute Gasteiger partial charge is 0.478 e. The van der Waals surface area contributed by atoms with Crippen LogP contribution in [0.25, 0.3) is 0 Å². The molecule has 0 aliphatic rings. The Morgan fingerprint density at radius 3 is 2.53 bits per heavy atom. The van der Waals surface area contributed by atoms with Crippen molar-refractivity contribution in [2.75, 3.05) is 0 Å². The molecule has 0 heterocycles. The number of carboxylic acids is 1. The second-order valence-corrected chi connectivity index (χ2v) is 2.90. The Hall–Kier alpha value is -1.62. The Bertz CT molecular complexity index is 269. The Kier molecular flexibility index (Phi) is 6.05. The number of aliphatic hydroxyl groups is 1. The number of aliphatic carboxylic acids is 1. The van der Waals surface area contributed by atoms with Crippen molar-refractivity contribution in [3.05, 3.63) is 24.8 Å². The zero-order chi connectivity index (χ0) is 11.8. The van der Waals surface area contributed by atoms with Crippen LogP contribution >= 0.6 is 0 Å². The van der Waals surface area contributed by atoms with Crippen LogP contribution in [0.4, 0.5) is 0 Å². The van der Waals surface area contributed by atoms with Crippen LogP contribution in [0.5, 0.6) is 0 Å². The van der Waals surface area contributed by atoms with Crippen LogP contribution in [-0.2, 0) is 14.3 Å². The summed E-state index contributed by atoms with van der Waals surface area (Å²) < 4.78 is 4.46. The van der Waals surface area contributed by atoms with Gasteiger partial charge in [-0.2, -0.15) is 0 Å². The molecule has 5 heteroatoms. The highest BCUT2D eigenvalue weighted by atomic mass is 16.6. The fraction of sp³-hybridized carbons (Fsp3) is 0.400. The van der Waals surface area contributed by atoms with E-state index in [1.165, 1.54) is 0 Å². The summed E-state index contributed by atoms with van der Waals surface area (Å²) in [5.41, 5.74) is 0.0669. The molecule has 2 N–H and O–H groups in total. The molecule has 15 heavy (non-hydrogen) atoms. The zero-order valence-electron chi connectivity index (χ0n) is 8.31. The molecule has 0 aromatic heterocycles. The second-order valence-electron chi connectivity index (χ2n) is 2.90. The first kappa shape index (κ1) is 13.4. The van der Waals surface area contributed by atoms with E-state index in [1.54, 1.807) is 0 Å². The Labute approximate surface area is 87.7 Å². The molecule has 5 nitrogen and oxygen atoms in total. The molecule has 0 aliphatic carbocycles. The number of carbonyl (C=O) groups excluding carboxylic acids is 1. The van der Waals surface area contributed by atoms with Gasteiger partial charge in [-0.3, -0.25) is 0 Å². The van der Waals surface area contributed by atoms with Crippen LogP contribution in [0, 0.1) is 0 Å². The average molecular weight is 214 g/mol. The smallest absolute Gasteiger partial charge is 0.332 e. The molecular formula is C10H14O5. The topological polar surface area (TPSA) is 83.8 Å². The van der Waals surface area contributed by atoms with Gasteiger partial charge in [-0.25, -0.2) is 9.59 Å². The molecular weight excluding hydrogens is 200 g/mol. The maximum atomic E-state index is 10.6. The lowest BCUT2D eigenvalue weighted by molar-refractivity contribution is -0.162. The summed E-state index contributed by atoms with van der Waals surface area (Å²) in [6, 6.07) is 0. The van der Waals surface area contributed by atoms with E-state index in [2.05, 4.69) is 17.9 Å². The maximum absolute atomic E-state index is 10.6. The van der Waals surface area contributed by atoms with Crippen molar-refractivity contribution in [2.24, 2.45) is 0 Å². The van der Waals surface area contributed by atoms with Gasteiger partial charge in [0.15, 0.2) is 0 Å². The first-order chi connectivity index (χ1) is 6.97. The van der Waals surface area contributed by atoms with E-state index in [9.17, 15) is 9.59 Å². The highest BCUT2D eigenvalue weighted by Gasteiger charge is 2.09. The van der Waals surface area contributed by atoms with Crippen molar-refractivity contribution in [1.29, 1.82) is 0 Å². The van der Waals surface area contributed by atoms with Gasteiger partial charge < -0.3 is 14.9 Å². The molecule has 0 amide bonds. The minimum Gasteiger partial charge on any atom is -0.478 e. The molecule has 0 aromatic rings. The molecule has 0 bridgehead atoms. The number of aliphatic hydroxyl groups excluding tert-OH is 1. The fourth-order valence-electron chi connectivity index (χ4n) is 0.838. The fourth-order valence-corrected chi connectivity index (χ4v) is 0.838. The summed E-state index contributed by atoms with van der Waals surface area (Å²) in [5, 5.41) is 17.6. The average Bonchev–Trinajstić information content (AvgIpc) is 2.17. The van der Waals surface area contributed by atoms with Crippen LogP contribution in [0.2, 0.25) is 0 Å². The van der Waals surface area contributed by atoms with Gasteiger partial charge in [0, 0.05) is 18.1 Å². The normalized spacial score (nSPS) is 11.5. The van der Waals surface area contributed by atoms with Crippen molar-refractivity contribution >= 4 is 11.9 Å². The van der Waals surface area contributed by atoms with Crippen molar-refractivity contribution in [2.45, 2.75) is 25.6 Å². The molecule has 1 atom stereocenters. The van der Waals surface area contributed by atoms with Crippen LogP contribution < -0.4 is 0 Å². The molecule has 0 rings (SSSR count). The van der Waals surface area contributed by atoms with Gasteiger partial charge >= 0.3 is 11.9 Å². The molecule has 0 saturated carbocycles. The summed E-state index contributed by atoms with van der Waals surface area (Å²) >= 11 is 0. The minimum atomic E-state index is -1.22. The van der Waals surface area contributed by atoms with Gasteiger partial charge in [0.1, 0.15) is 0 Å². The van der Waals surface area contributed by atoms with E-state index in [0.29, 0.717) is 6.42 Å². The van der Waals surface area contributed by atoms with E-state index in [-0.39, 0.29) is 18.4 Å². The number of hydrogen-bond acceptors (Lipinski definition) is 4. The highest BCUT2D eigenvalue weighted by Crippen LogP contribution is 2.08. The van der Waals surface area contributed by atoms with Gasteiger partial charge in [0.05, 0.1) is 0 Å². The van der Waals surface area contributed by atoms with E-state index >= 15 is 0 Å². The quantitative estimate of drug-likeness (QED) is 0.373. The van der Waals surface area contributed by atoms with Crippen LogP contribution in [0.15, 0.2) is 24.8 Å². The summed E-state index contributed by atoms with van der Waals surface area (Å²) in [6.07, 6.45) is 0.525. The second kappa shape index (κ2) is 6.78. The predicted octanol–water partition coefficient (Wildman–Crippen LogP) is 0.845. The molecule has 0 spiro atoms. The van der Waals surface area contributed by atoms with Gasteiger partial charge in [-0.1, -0.05) is 13.2 Å². The first-order valence-electron chi connectivity index (χ1n) is 4.39. The van der Waals surface area contributed by atoms with Crippen molar-refractivity contribution < 1.29 is 24.5 Å². The lowest BCUT2D eigenvalue weighted by Crippen LogP contribution is -2.16. The molecule has 0 aromatic carbocycles. The van der Waals surface area contributed by atoms with Gasteiger partial charge in [0.25, 0.3) is 0 Å². The predicted molar refractivity (Wildman–Crippen MR) is 52.9 cm³/mol. The molecule has 0 aliphatic heterocycles. The first-order valence-corrected chi connectivity index (χ1v) is 4.39. The number of rotatable bonds is 7. The maximum Gasteiger partial charge on any atom is 0.332 e. The lowest BCUT2D eigenvalue weighted by atomic mass is 10.1. The number of carboxylic acid groups (broad SMARTS) is 1. The Balaban J connectivity index is 3.68. The number of esters is 1. The Morgan fingerprint density at radius 2 is 2.07 bits per heavy atom. The van der Waals surface area contributed by atoms with E-state index < -0.39 is 18.2 Å². The molecule has 0 radical (unpaired) electrons. The lowest BCUT2D eigenvalue weighted by Gasteiger charge is -2.09. The Morgan fingerprint density at radius 1 is 1.47 bits per heavy atom. The summed E-state index contributed by atoms with van der Waals surface area (Å²) in [5.74, 6) is -1.77. The molecule has 1 unspecified atom stereocenters. The van der Waals surface area contributed by atoms with E-state index in [1.807, 2.05) is 0 Å². The van der Waals surface area contributed by atoms with Crippen LogP contribution in [-0.4, -0.2) is 28.4 Å². The van der Waals surface area contributed by atoms with Crippen LogP contribution in [0.1, 0.15) is 19.3 Å². The van der Waals surface area contributed by atoms with Crippen molar-refractivity contribution in [1.82, 2.24) is 0 Å². The van der Waals surface area contributed by atoms with Gasteiger partial charge in [-0.15, -0.1) is 0 Å². The summed E-state index contributed by atoms with van der Waals surface area (Å²) in [7, 11) is 0. The third-order valence-corrected chi connectivity index (χ3v) is 1.65. The van der Waals surface area contributed by atoms with Crippen molar-refractivity contribution in [3.8, 4) is 0 Å². The van der Waals surface area contributed by atoms with Gasteiger partial charge in [-0.05, 0) is 12.8 Å². The third-order valence-electron chi connectivity index (χ3n) is 1.65. The zero-order valence-corrected chi connectivity index (χ0v) is 8.31. The number of ether oxygens (including phenoxy) is 1. The number of carbonyl (C=O) groups is 2. The summed E-state index contributed by atoms with van der Waals surface area (Å²) in [6.45, 7) is 6.49. The highest BCUT2D eigenvalue weighted by molar-refractivity contribution is 5.85. The minimum absolute atomic E-state index is 0.0669. The number of hydrogen-bond donors (Lipinski definition) is 2. The van der Waals surface area contributed by atoms with E-state index in [4.69, 9.17) is 10.2 Å². The molecule has 84 valence electrons. The molecule has 0 fully saturated rings. The van der Waals surface area contributed by atoms with Crippen molar-refractivity contribution in [3.63, 3.8) is 0 Å².